The van der Waals surface area contributed by atoms with E-state index in [4.69, 9.17) is 14.1 Å². The van der Waals surface area contributed by atoms with Crippen LogP contribution in [-0.4, -0.2) is 122 Å². The van der Waals surface area contributed by atoms with Crippen LogP contribution in [0.3, 0.4) is 0 Å². The summed E-state index contributed by atoms with van der Waals surface area (Å²) in [5.74, 6) is 0.277. The number of hydrogen-bond donors (Lipinski definition) is 3. The van der Waals surface area contributed by atoms with E-state index >= 15 is 0 Å². The number of benzene rings is 1. The van der Waals surface area contributed by atoms with Crippen molar-refractivity contribution in [2.45, 2.75) is 91.1 Å². The highest BCUT2D eigenvalue weighted by molar-refractivity contribution is 6.05. The van der Waals surface area contributed by atoms with Crippen LogP contribution >= 0.6 is 0 Å². The number of piperidine rings is 1. The van der Waals surface area contributed by atoms with E-state index in [1.165, 1.54) is 6.92 Å². The number of urea groups is 1. The molecule has 0 spiro atoms. The van der Waals surface area contributed by atoms with Gasteiger partial charge < -0.3 is 34.5 Å². The van der Waals surface area contributed by atoms with E-state index in [0.717, 1.165) is 92.8 Å². The van der Waals surface area contributed by atoms with Crippen molar-refractivity contribution >= 4 is 52.7 Å². The van der Waals surface area contributed by atoms with Crippen LogP contribution in [0.25, 0.3) is 17.2 Å². The molecule has 5 aromatic rings. The lowest BCUT2D eigenvalue weighted by atomic mass is 10.0. The van der Waals surface area contributed by atoms with E-state index in [1.807, 2.05) is 49.6 Å². The summed E-state index contributed by atoms with van der Waals surface area (Å²) in [5.41, 5.74) is 6.83. The van der Waals surface area contributed by atoms with Gasteiger partial charge in [-0.3, -0.25) is 29.6 Å². The Balaban J connectivity index is 0.00000118. The molecule has 3 aliphatic heterocycles. The zero-order chi connectivity index (χ0) is 45.2. The first-order valence-corrected chi connectivity index (χ1v) is 22.1. The van der Waals surface area contributed by atoms with E-state index in [-0.39, 0.29) is 22.5 Å². The summed E-state index contributed by atoms with van der Waals surface area (Å²) in [5, 5.41) is 16.8. The second-order valence-corrected chi connectivity index (χ2v) is 15.8. The monoisotopic (exact) mass is 882 g/mol. The van der Waals surface area contributed by atoms with Gasteiger partial charge in [0.1, 0.15) is 18.0 Å². The van der Waals surface area contributed by atoms with Gasteiger partial charge in [-0.1, -0.05) is 31.8 Å². The van der Waals surface area contributed by atoms with Gasteiger partial charge in [0.25, 0.3) is 5.91 Å². The second-order valence-electron chi connectivity index (χ2n) is 15.8. The molecule has 3 N–H and O–H groups in total. The van der Waals surface area contributed by atoms with Crippen molar-refractivity contribution in [3.63, 3.8) is 0 Å². The first kappa shape index (κ1) is 45.4. The maximum Gasteiger partial charge on any atom is 0.323 e. The quantitative estimate of drug-likeness (QED) is 0.0755. The molecule has 4 aliphatic rings. The Bertz CT molecular complexity index is 2470. The summed E-state index contributed by atoms with van der Waals surface area (Å²) in [6, 6.07) is 8.56. The molecule has 5 amide bonds. The van der Waals surface area contributed by atoms with Gasteiger partial charge in [0, 0.05) is 73.2 Å². The molecular formula is C45H62N12O7. The van der Waals surface area contributed by atoms with E-state index in [9.17, 15) is 19.2 Å². The molecule has 0 radical (unpaired) electrons. The lowest BCUT2D eigenvalue weighted by Gasteiger charge is -2.36. The number of aromatic nitrogens is 6. The molecule has 1 saturated carbocycles. The van der Waals surface area contributed by atoms with Crippen molar-refractivity contribution < 1.29 is 37.5 Å². The minimum atomic E-state index is -0.618. The molecule has 7 heterocycles. The molecule has 3 fully saturated rings. The summed E-state index contributed by atoms with van der Waals surface area (Å²) >= 11 is 0. The van der Waals surface area contributed by atoms with Gasteiger partial charge in [0.2, 0.25) is 23.5 Å². The van der Waals surface area contributed by atoms with Crippen LogP contribution in [0.5, 0.6) is 0 Å². The van der Waals surface area contributed by atoms with Gasteiger partial charge in [0.05, 0.1) is 55.3 Å². The molecule has 2 saturated heterocycles. The van der Waals surface area contributed by atoms with Gasteiger partial charge in [-0.25, -0.2) is 14.3 Å². The molecule has 64 heavy (non-hydrogen) atoms. The third kappa shape index (κ3) is 10.4. The van der Waals surface area contributed by atoms with Gasteiger partial charge >= 0.3 is 6.03 Å². The smallest absolute Gasteiger partial charge is 0.323 e. The second kappa shape index (κ2) is 21.2. The van der Waals surface area contributed by atoms with Gasteiger partial charge in [-0.15, -0.1) is 0 Å². The Hall–Kier alpha value is -6.60. The van der Waals surface area contributed by atoms with E-state index in [2.05, 4.69) is 57.0 Å². The Kier molecular flexibility index (Phi) is 15.0. The minimum absolute atomic E-state index is 0. The molecule has 4 aromatic heterocycles. The van der Waals surface area contributed by atoms with E-state index < -0.39 is 18.0 Å². The molecule has 1 aromatic carbocycles. The SMILES string of the molecule is CC.CC=O.Cc1cc(NC(=O)Nc2cnc3ccnn3c2C2CCCC2)cnc1-c1noc(CCOCCN2CCN(c3ccc4c(c3)CN(C3CCC(=O)NC3=O)C4=O)CC2)n1.[HH].[HH].[HH]. The highest BCUT2D eigenvalue weighted by atomic mass is 16.5. The number of anilines is 3. The number of amides is 5. The Morgan fingerprint density at radius 3 is 2.53 bits per heavy atom. The van der Waals surface area contributed by atoms with Crippen molar-refractivity contribution in [1.82, 2.24) is 44.8 Å². The predicted octanol–water partition coefficient (Wildman–Crippen LogP) is 5.90. The average molecular weight is 883 g/mol. The molecule has 19 heteroatoms. The van der Waals surface area contributed by atoms with Crippen LogP contribution in [0.4, 0.5) is 21.9 Å². The fourth-order valence-corrected chi connectivity index (χ4v) is 8.64. The molecule has 1 atom stereocenters. The largest absolute Gasteiger partial charge is 0.380 e. The maximum atomic E-state index is 13.1. The van der Waals surface area contributed by atoms with Crippen LogP contribution in [0, 0.1) is 6.92 Å². The van der Waals surface area contributed by atoms with Crippen LogP contribution in [0.1, 0.15) is 103 Å². The third-order valence-electron chi connectivity index (χ3n) is 11.7. The number of hydrogen-bond acceptors (Lipinski definition) is 14. The topological polar surface area (TPSA) is 222 Å². The summed E-state index contributed by atoms with van der Waals surface area (Å²) in [6.07, 6.45) is 11.2. The zero-order valence-corrected chi connectivity index (χ0v) is 36.8. The highest BCUT2D eigenvalue weighted by Gasteiger charge is 2.39. The fraction of sp³-hybridized carbons (Fsp3) is 0.467. The maximum absolute atomic E-state index is 13.1. The number of carbonyl (C=O) groups excluding carboxylic acids is 5. The molecular weight excluding hydrogens is 821 g/mol. The molecule has 1 aliphatic carbocycles. The Labute approximate surface area is 375 Å². The van der Waals surface area contributed by atoms with Gasteiger partial charge in [-0.05, 0) is 68.5 Å². The van der Waals surface area contributed by atoms with Gasteiger partial charge in [0.15, 0.2) is 5.65 Å². The number of nitrogens with one attached hydrogen (secondary N) is 3. The van der Waals surface area contributed by atoms with Crippen LogP contribution in [0.15, 0.2) is 53.4 Å². The minimum Gasteiger partial charge on any atom is -0.380 e. The number of aryl methyl sites for hydroxylation is 1. The van der Waals surface area contributed by atoms with Crippen molar-refractivity contribution in [3.05, 3.63) is 77.2 Å². The third-order valence-corrected chi connectivity index (χ3v) is 11.7. The molecule has 0 bridgehead atoms. The van der Waals surface area contributed by atoms with Crippen LogP contribution < -0.4 is 20.9 Å². The van der Waals surface area contributed by atoms with E-state index in [1.54, 1.807) is 23.5 Å². The first-order chi connectivity index (χ1) is 31.2. The molecule has 344 valence electrons. The number of aldehydes is 1. The number of fused-ring (bicyclic) bond motifs is 2. The number of rotatable bonds is 12. The van der Waals surface area contributed by atoms with Crippen molar-refractivity contribution in [3.8, 4) is 11.5 Å². The van der Waals surface area contributed by atoms with E-state index in [0.29, 0.717) is 72.9 Å². The van der Waals surface area contributed by atoms with Gasteiger partial charge in [-0.2, -0.15) is 10.1 Å². The predicted molar refractivity (Wildman–Crippen MR) is 244 cm³/mol. The summed E-state index contributed by atoms with van der Waals surface area (Å²) < 4.78 is 13.3. The summed E-state index contributed by atoms with van der Waals surface area (Å²) in [7, 11) is 0. The number of ether oxygens (including phenoxy) is 1. The average Bonchev–Trinajstić information content (AvgIpc) is 4.14. The number of imide groups is 1. The first-order valence-electron chi connectivity index (χ1n) is 22.1. The number of nitrogens with zero attached hydrogens (tertiary/aromatic N) is 9. The molecule has 19 nitrogen and oxygen atoms in total. The number of piperazine rings is 1. The fourth-order valence-electron chi connectivity index (χ4n) is 8.64. The summed E-state index contributed by atoms with van der Waals surface area (Å²) in [6.45, 7) is 12.9. The highest BCUT2D eigenvalue weighted by Crippen LogP contribution is 2.38. The summed E-state index contributed by atoms with van der Waals surface area (Å²) in [4.78, 5) is 78.8. The zero-order valence-electron chi connectivity index (χ0n) is 36.8. The molecule has 1 unspecified atom stereocenters. The number of carbonyl (C=O) groups is 5. The molecule has 9 rings (SSSR count). The van der Waals surface area contributed by atoms with Crippen LogP contribution in [-0.2, 0) is 32.1 Å². The normalized spacial score (nSPS) is 17.6. The lowest BCUT2D eigenvalue weighted by molar-refractivity contribution is -0.136. The van der Waals surface area contributed by atoms with Crippen molar-refractivity contribution in [2.24, 2.45) is 0 Å². The Morgan fingerprint density at radius 2 is 1.78 bits per heavy atom. The van der Waals surface area contributed by atoms with Crippen molar-refractivity contribution in [2.75, 3.05) is 61.5 Å². The van der Waals surface area contributed by atoms with Crippen molar-refractivity contribution in [1.29, 1.82) is 0 Å². The Morgan fingerprint density at radius 1 is 1.00 bits per heavy atom. The number of pyridine rings is 1. The standard InChI is InChI=1S/C41H46N12O6.C2H4O.C2H6.3H2/c1-25-20-28(45-41(57)46-31-23-42-33-10-12-44-53(33)37(31)26-4-2-3-5-26)22-43-36(25)38-48-35(59-49-38)11-18-58-19-17-50-13-15-51(16-14-50)29-6-7-30-27(21-29)24-52(40(30)56)32-8-9-34(54)47-39(32)55;1-2-3;1-2;;;/h6-7,10,12,20-23,26,32H,2-5,8-9,11,13-19,24H2,1H3,(H2,45,46,57)(H,47,54,55);2H,1H3;1-2H3;3*1H. The van der Waals surface area contributed by atoms with Crippen LogP contribution in [0.2, 0.25) is 0 Å². The lowest BCUT2D eigenvalue weighted by Crippen LogP contribution is -2.52.